The molecule has 3 rings (SSSR count). The van der Waals surface area contributed by atoms with Gasteiger partial charge in [0, 0.05) is 5.39 Å². The maximum atomic E-state index is 4.52. The van der Waals surface area contributed by atoms with Gasteiger partial charge < -0.3 is 0 Å². The van der Waals surface area contributed by atoms with E-state index in [2.05, 4.69) is 30.3 Å². The summed E-state index contributed by atoms with van der Waals surface area (Å²) < 4.78 is 4.99. The molecule has 0 aliphatic heterocycles. The average Bonchev–Trinajstić information content (AvgIpc) is 2.75. The van der Waals surface area contributed by atoms with Crippen LogP contribution in [0.3, 0.4) is 0 Å². The zero-order valence-corrected chi connectivity index (χ0v) is 10.5. The van der Waals surface area contributed by atoms with Gasteiger partial charge in [-0.3, -0.25) is 0 Å². The molecule has 0 saturated heterocycles. The summed E-state index contributed by atoms with van der Waals surface area (Å²) in [6.45, 7) is 0. The number of halogens is 1. The SMILES string of the molecule is Brc1nc(-c2ccc3ccccc3n2)ns1. The number of aromatic nitrogens is 3. The number of pyridine rings is 1. The van der Waals surface area contributed by atoms with Crippen molar-refractivity contribution in [3.05, 3.63) is 40.3 Å². The molecule has 0 spiro atoms. The first kappa shape index (κ1) is 9.86. The predicted octanol–water partition coefficient (Wildman–Crippen LogP) is 3.52. The molecule has 0 saturated carbocycles. The van der Waals surface area contributed by atoms with Crippen molar-refractivity contribution in [3.8, 4) is 11.5 Å². The van der Waals surface area contributed by atoms with Crippen LogP contribution in [0.2, 0.25) is 0 Å². The molecule has 1 aromatic carbocycles. The highest BCUT2D eigenvalue weighted by atomic mass is 79.9. The van der Waals surface area contributed by atoms with Crippen molar-refractivity contribution in [2.45, 2.75) is 0 Å². The van der Waals surface area contributed by atoms with Gasteiger partial charge in [0.05, 0.1) is 5.52 Å². The third-order valence-electron chi connectivity index (χ3n) is 2.23. The molecule has 3 nitrogen and oxygen atoms in total. The molecule has 3 aromatic rings. The van der Waals surface area contributed by atoms with Crippen molar-refractivity contribution in [2.75, 3.05) is 0 Å². The van der Waals surface area contributed by atoms with Gasteiger partial charge in [-0.05, 0) is 39.6 Å². The van der Waals surface area contributed by atoms with Crippen LogP contribution in [0.4, 0.5) is 0 Å². The fourth-order valence-corrected chi connectivity index (χ4v) is 2.31. The Balaban J connectivity index is 2.18. The third kappa shape index (κ3) is 1.72. The summed E-state index contributed by atoms with van der Waals surface area (Å²) in [6.07, 6.45) is 0. The quantitative estimate of drug-likeness (QED) is 0.689. The van der Waals surface area contributed by atoms with E-state index in [-0.39, 0.29) is 0 Å². The molecule has 5 heteroatoms. The van der Waals surface area contributed by atoms with Crippen LogP contribution in [0.5, 0.6) is 0 Å². The minimum Gasteiger partial charge on any atom is -0.244 e. The molecule has 0 N–H and O–H groups in total. The fraction of sp³-hybridized carbons (Fsp3) is 0. The summed E-state index contributed by atoms with van der Waals surface area (Å²) in [5.74, 6) is 0.669. The first-order chi connectivity index (χ1) is 7.83. The van der Waals surface area contributed by atoms with Gasteiger partial charge in [0.15, 0.2) is 9.74 Å². The molecule has 0 unspecified atom stereocenters. The van der Waals surface area contributed by atoms with Crippen molar-refractivity contribution in [3.63, 3.8) is 0 Å². The van der Waals surface area contributed by atoms with E-state index in [0.717, 1.165) is 20.5 Å². The fourth-order valence-electron chi connectivity index (χ4n) is 1.50. The van der Waals surface area contributed by atoms with E-state index < -0.39 is 0 Å². The number of hydrogen-bond donors (Lipinski definition) is 0. The van der Waals surface area contributed by atoms with Gasteiger partial charge in [0.2, 0.25) is 0 Å². The predicted molar refractivity (Wildman–Crippen MR) is 68.3 cm³/mol. The van der Waals surface area contributed by atoms with E-state index in [0.29, 0.717) is 5.82 Å². The lowest BCUT2D eigenvalue weighted by Crippen LogP contribution is -1.86. The standard InChI is InChI=1S/C11H6BrN3S/c12-11-14-10(15-16-11)9-6-5-7-3-1-2-4-8(7)13-9/h1-6H. The Kier molecular flexibility index (Phi) is 2.41. The molecule has 2 aromatic heterocycles. The molecule has 0 amide bonds. The van der Waals surface area contributed by atoms with Crippen molar-refractivity contribution >= 4 is 38.4 Å². The maximum absolute atomic E-state index is 4.52. The van der Waals surface area contributed by atoms with Gasteiger partial charge in [-0.15, -0.1) is 0 Å². The maximum Gasteiger partial charge on any atom is 0.192 e. The second-order valence-corrected chi connectivity index (χ2v) is 5.29. The Morgan fingerprint density at radius 2 is 1.88 bits per heavy atom. The molecular weight excluding hydrogens is 286 g/mol. The smallest absolute Gasteiger partial charge is 0.192 e. The minimum absolute atomic E-state index is 0.669. The molecule has 0 aliphatic rings. The number of fused-ring (bicyclic) bond motifs is 1. The lowest BCUT2D eigenvalue weighted by atomic mass is 10.2. The van der Waals surface area contributed by atoms with Crippen LogP contribution < -0.4 is 0 Å². The topological polar surface area (TPSA) is 38.7 Å². The van der Waals surface area contributed by atoms with E-state index in [1.54, 1.807) is 0 Å². The Hall–Kier alpha value is -1.33. The van der Waals surface area contributed by atoms with E-state index in [4.69, 9.17) is 0 Å². The number of para-hydroxylation sites is 1. The van der Waals surface area contributed by atoms with Crippen LogP contribution >= 0.6 is 27.5 Å². The van der Waals surface area contributed by atoms with Gasteiger partial charge >= 0.3 is 0 Å². The zero-order chi connectivity index (χ0) is 11.0. The molecule has 2 heterocycles. The van der Waals surface area contributed by atoms with E-state index in [1.807, 2.05) is 36.4 Å². The highest BCUT2D eigenvalue weighted by Crippen LogP contribution is 2.22. The summed E-state index contributed by atoms with van der Waals surface area (Å²) in [5.41, 5.74) is 1.77. The molecule has 16 heavy (non-hydrogen) atoms. The second-order valence-electron chi connectivity index (χ2n) is 3.26. The molecule has 78 valence electrons. The molecule has 0 atom stereocenters. The average molecular weight is 292 g/mol. The van der Waals surface area contributed by atoms with Gasteiger partial charge in [-0.2, -0.15) is 4.37 Å². The first-order valence-corrected chi connectivity index (χ1v) is 6.25. The Morgan fingerprint density at radius 3 is 2.69 bits per heavy atom. The summed E-state index contributed by atoms with van der Waals surface area (Å²) in [7, 11) is 0. The Bertz CT molecular complexity index is 650. The molecule has 0 radical (unpaired) electrons. The zero-order valence-electron chi connectivity index (χ0n) is 8.09. The van der Waals surface area contributed by atoms with Crippen molar-refractivity contribution in [2.24, 2.45) is 0 Å². The summed E-state index contributed by atoms with van der Waals surface area (Å²) in [6, 6.07) is 12.0. The van der Waals surface area contributed by atoms with Crippen LogP contribution in [0.25, 0.3) is 22.4 Å². The van der Waals surface area contributed by atoms with Crippen molar-refractivity contribution in [1.82, 2.24) is 14.3 Å². The van der Waals surface area contributed by atoms with E-state index >= 15 is 0 Å². The molecule has 0 fully saturated rings. The van der Waals surface area contributed by atoms with Gasteiger partial charge in [0.25, 0.3) is 0 Å². The second kappa shape index (κ2) is 3.92. The van der Waals surface area contributed by atoms with E-state index in [1.165, 1.54) is 11.5 Å². The molecular formula is C11H6BrN3S. The van der Waals surface area contributed by atoms with Crippen LogP contribution in [-0.4, -0.2) is 14.3 Å². The van der Waals surface area contributed by atoms with Crippen LogP contribution in [-0.2, 0) is 0 Å². The van der Waals surface area contributed by atoms with Crippen LogP contribution in [0, 0.1) is 0 Å². The monoisotopic (exact) mass is 291 g/mol. The van der Waals surface area contributed by atoms with Crippen LogP contribution in [0.15, 0.2) is 40.3 Å². The summed E-state index contributed by atoms with van der Waals surface area (Å²) in [4.78, 5) is 8.77. The number of nitrogens with zero attached hydrogens (tertiary/aromatic N) is 3. The minimum atomic E-state index is 0.669. The van der Waals surface area contributed by atoms with Gasteiger partial charge in [0.1, 0.15) is 5.69 Å². The van der Waals surface area contributed by atoms with Crippen molar-refractivity contribution < 1.29 is 0 Å². The lowest BCUT2D eigenvalue weighted by Gasteiger charge is -1.98. The van der Waals surface area contributed by atoms with Crippen LogP contribution in [0.1, 0.15) is 0 Å². The summed E-state index contributed by atoms with van der Waals surface area (Å²) >= 11 is 4.62. The van der Waals surface area contributed by atoms with Gasteiger partial charge in [-0.25, -0.2) is 9.97 Å². The highest BCUT2D eigenvalue weighted by molar-refractivity contribution is 9.11. The first-order valence-electron chi connectivity index (χ1n) is 4.68. The number of benzene rings is 1. The largest absolute Gasteiger partial charge is 0.244 e. The van der Waals surface area contributed by atoms with Gasteiger partial charge in [-0.1, -0.05) is 24.3 Å². The molecule has 0 aliphatic carbocycles. The normalized spacial score (nSPS) is 10.8. The lowest BCUT2D eigenvalue weighted by molar-refractivity contribution is 1.25. The number of rotatable bonds is 1. The molecule has 0 bridgehead atoms. The third-order valence-corrected chi connectivity index (χ3v) is 3.35. The number of hydrogen-bond acceptors (Lipinski definition) is 4. The van der Waals surface area contributed by atoms with Crippen molar-refractivity contribution in [1.29, 1.82) is 0 Å². The Morgan fingerprint density at radius 1 is 1.00 bits per heavy atom. The van der Waals surface area contributed by atoms with E-state index in [9.17, 15) is 0 Å². The summed E-state index contributed by atoms with van der Waals surface area (Å²) in [5, 5.41) is 1.13. The Labute approximate surface area is 104 Å². The highest BCUT2D eigenvalue weighted by Gasteiger charge is 2.06.